The molecule has 0 radical (unpaired) electrons. The predicted octanol–water partition coefficient (Wildman–Crippen LogP) is 38.4. The van der Waals surface area contributed by atoms with Gasteiger partial charge in [0.1, 0.15) is 33.5 Å². The van der Waals surface area contributed by atoms with Gasteiger partial charge in [0.15, 0.2) is 0 Å². The summed E-state index contributed by atoms with van der Waals surface area (Å²) in [6, 6.07) is 105. The largest absolute Gasteiger partial charge is 0.456 e. The van der Waals surface area contributed by atoms with Gasteiger partial charge in [0, 0.05) is 32.3 Å². The first-order valence-corrected chi connectivity index (χ1v) is 45.2. The van der Waals surface area contributed by atoms with Crippen LogP contribution in [0.1, 0.15) is 32.9 Å². The fourth-order valence-corrected chi connectivity index (χ4v) is 20.8. The van der Waals surface area contributed by atoms with E-state index in [1.54, 1.807) is 18.2 Å². The van der Waals surface area contributed by atoms with Gasteiger partial charge >= 0.3 is 0 Å². The molecule has 0 fully saturated rings. The molecular formula is C134H82O3. The lowest BCUT2D eigenvalue weighted by Crippen LogP contribution is -1.91. The fraction of sp³-hybridized carbons (Fsp3) is 0. The smallest absolute Gasteiger partial charge is 0.136 e. The molecule has 3 nitrogen and oxygen atoms in total. The molecule has 0 N–H and O–H groups in total. The van der Waals surface area contributed by atoms with E-state index < -0.39 is 72.5 Å². The average Bonchev–Trinajstić information content (AvgIpc) is 1.52. The Balaban J connectivity index is 0.000000116. The monoisotopic (exact) mass is 1760 g/mol. The van der Waals surface area contributed by atoms with Crippen LogP contribution in [0, 0.1) is 0 Å². The zero-order valence-electron chi connectivity index (χ0n) is 96.7. The fourth-order valence-electron chi connectivity index (χ4n) is 20.8. The first-order valence-electron chi connectivity index (χ1n) is 57.2. The van der Waals surface area contributed by atoms with E-state index in [1.165, 1.54) is 0 Å². The summed E-state index contributed by atoms with van der Waals surface area (Å²) in [5, 5.41) is 17.6. The second-order valence-electron chi connectivity index (χ2n) is 34.3. The van der Waals surface area contributed by atoms with Gasteiger partial charge in [0.05, 0.1) is 32.9 Å². The van der Waals surface area contributed by atoms with Crippen LogP contribution in [0.25, 0.3) is 284 Å². The van der Waals surface area contributed by atoms with E-state index in [4.69, 9.17) is 29.7 Å². The van der Waals surface area contributed by atoms with E-state index in [9.17, 15) is 16.4 Å². The van der Waals surface area contributed by atoms with Crippen LogP contribution in [0.3, 0.4) is 0 Å². The molecule has 0 saturated heterocycles. The number of fused-ring (bicyclic) bond motifs is 22. The molecule has 0 atom stereocenters. The molecule has 0 unspecified atom stereocenters. The lowest BCUT2D eigenvalue weighted by molar-refractivity contribution is 0.668. The van der Waals surface area contributed by atoms with Crippen LogP contribution >= 0.6 is 0 Å². The van der Waals surface area contributed by atoms with E-state index in [1.807, 2.05) is 243 Å². The summed E-state index contributed by atoms with van der Waals surface area (Å²) in [4.78, 5) is 0. The van der Waals surface area contributed by atoms with Crippen LogP contribution in [-0.4, -0.2) is 0 Å². The summed E-state index contributed by atoms with van der Waals surface area (Å²) in [7, 11) is 0. The molecule has 0 spiro atoms. The van der Waals surface area contributed by atoms with Crippen molar-refractivity contribution in [2.45, 2.75) is 0 Å². The summed E-state index contributed by atoms with van der Waals surface area (Å²) in [5.41, 5.74) is 14.1. The number of benzene rings is 26. The number of rotatable bonds is 9. The normalized spacial score (nSPS) is 14.2. The summed E-state index contributed by atoms with van der Waals surface area (Å²) in [5.74, 6) is 0. The van der Waals surface area contributed by atoms with Gasteiger partial charge in [-0.15, -0.1) is 0 Å². The Bertz CT molecular complexity index is 11400. The van der Waals surface area contributed by atoms with Crippen LogP contribution in [0.15, 0.2) is 510 Å². The van der Waals surface area contributed by atoms with E-state index >= 15 is 0 Å². The summed E-state index contributed by atoms with van der Waals surface area (Å²) in [6.45, 7) is 0. The van der Waals surface area contributed by atoms with Gasteiger partial charge in [-0.05, 0) is 285 Å². The van der Waals surface area contributed by atoms with E-state index in [0.29, 0.717) is 116 Å². The molecule has 0 aliphatic heterocycles. The quantitative estimate of drug-likeness (QED) is 0.107. The second kappa shape index (κ2) is 32.5. The van der Waals surface area contributed by atoms with E-state index in [2.05, 4.69) is 91.0 Å². The van der Waals surface area contributed by atoms with Crippen LogP contribution in [0.4, 0.5) is 0 Å². The predicted molar refractivity (Wildman–Crippen MR) is 583 cm³/mol. The van der Waals surface area contributed by atoms with Gasteiger partial charge in [-0.2, -0.15) is 0 Å². The minimum atomic E-state index is -0.438. The molecule has 0 aliphatic carbocycles. The molecule has 26 aromatic carbocycles. The van der Waals surface area contributed by atoms with Crippen molar-refractivity contribution in [3.8, 4) is 100 Å². The third-order valence-corrected chi connectivity index (χ3v) is 26.9. The van der Waals surface area contributed by atoms with Crippen molar-refractivity contribution < 1.29 is 46.1 Å². The van der Waals surface area contributed by atoms with Crippen molar-refractivity contribution in [2.75, 3.05) is 0 Å². The number of hydrogen-bond acceptors (Lipinski definition) is 3. The third-order valence-electron chi connectivity index (χ3n) is 26.9. The zero-order valence-corrected chi connectivity index (χ0v) is 72.7. The number of furan rings is 3. The first-order chi connectivity index (χ1) is 77.9. The molecule has 29 rings (SSSR count). The number of hydrogen-bond donors (Lipinski definition) is 0. The molecule has 29 aromatic rings. The Hall–Kier alpha value is -18.0. The van der Waals surface area contributed by atoms with Crippen LogP contribution < -0.4 is 0 Å². The highest BCUT2D eigenvalue weighted by molar-refractivity contribution is 6.30. The van der Waals surface area contributed by atoms with Gasteiger partial charge in [0.2, 0.25) is 0 Å². The molecule has 0 amide bonds. The van der Waals surface area contributed by atoms with Gasteiger partial charge in [-0.3, -0.25) is 0 Å². The lowest BCUT2D eigenvalue weighted by Gasteiger charge is -2.18. The summed E-state index contributed by atoms with van der Waals surface area (Å²) < 4.78 is 237. The lowest BCUT2D eigenvalue weighted by atomic mass is 9.84. The van der Waals surface area contributed by atoms with Crippen molar-refractivity contribution in [3.05, 3.63) is 497 Å². The van der Waals surface area contributed by atoms with E-state index in [0.717, 1.165) is 103 Å². The van der Waals surface area contributed by atoms with Crippen LogP contribution in [0.5, 0.6) is 0 Å². The first kappa shape index (κ1) is 58.0. The molecule has 3 heteroatoms. The SMILES string of the molecule is [2H]c1c([2H])c([2H])c2c(-c3cccc4oc5ccccc5c34)c3c([2H])c([2H])c([2H])c([2H])c3c(-c3ccc(-c4ccc5ccc6ccccc6c5c4)cc3)c2c1[2H].[2H]c1c([2H])c([2H])c2c(-c3cccc4oc5ccccc5c34)c3c([2H])c([2H])c([2H])c([2H])c3c(-c3cccc(-c4ccc5c(ccc6ccccc65)c4)c3)c2c1[2H].[2H]c1c([2H])c([2H])c2c(-c3cccc4oc5ccccc5c34)c3c([2H])c([2H])c([2H])c([2H])c3c(-c3cccc(-c4ccc5ccccc5c4)c3)c2c1[2H]. The maximum absolute atomic E-state index is 9.41. The van der Waals surface area contributed by atoms with Crippen molar-refractivity contribution in [1.29, 1.82) is 0 Å². The van der Waals surface area contributed by atoms with Gasteiger partial charge in [-0.25, -0.2) is 0 Å². The Morgan fingerprint density at radius 1 is 0.131 bits per heavy atom. The van der Waals surface area contributed by atoms with Crippen molar-refractivity contribution in [2.24, 2.45) is 0 Å². The highest BCUT2D eigenvalue weighted by Crippen LogP contribution is 2.53. The molecule has 137 heavy (non-hydrogen) atoms. The molecule has 3 heterocycles. The molecule has 0 bridgehead atoms. The highest BCUT2D eigenvalue weighted by atomic mass is 16.3. The highest BCUT2D eigenvalue weighted by Gasteiger charge is 2.26. The zero-order chi connectivity index (χ0) is 111. The topological polar surface area (TPSA) is 39.4 Å². The molecule has 0 saturated carbocycles. The molecule has 0 aliphatic rings. The third kappa shape index (κ3) is 13.2. The van der Waals surface area contributed by atoms with Crippen molar-refractivity contribution >= 4 is 184 Å². The van der Waals surface area contributed by atoms with Gasteiger partial charge in [0.25, 0.3) is 0 Å². The summed E-state index contributed by atoms with van der Waals surface area (Å²) in [6.07, 6.45) is 0. The minimum absolute atomic E-state index is 0.166. The average molecular weight is 1760 g/mol. The Labute approximate surface area is 823 Å². The van der Waals surface area contributed by atoms with Crippen molar-refractivity contribution in [3.63, 3.8) is 0 Å². The standard InChI is InChI=1S/2C46H28O.C42H26O/c1-2-14-34-29(11-1)23-24-32-27-31(25-26-35(32)34)30-12-9-13-33(28-30)44-36-15-3-5-17-38(36)45(39-18-6-4-16-37(39)44)41-20-10-22-43-46(41)40-19-7-8-21-42(40)47-43;1-2-11-34-30(10-1)22-23-31-24-27-33(28-41(31)34)29-20-25-32(26-21-29)44-35-12-3-5-14-37(35)45(38-15-6-4-13-36(38)44)40-17-9-19-43-46(40)39-16-7-8-18-42(39)47-43;1-2-12-28-25-30(24-23-27(28)11-1)29-13-9-14-31(26-29)40-32-15-3-5-17-34(32)41(35-18-6-4-16-33(35)40)37-20-10-22-39-42(37)36-19-7-8-21-38(36)43-39/h2*1-28H;1-26H/i3D,4D,5D,6D,15D,16D,17D,18D;3D,4D,5D,6D,12D,13D,14D,15D;3D,4D,5D,6D,15D,16D,17D,18D. The van der Waals surface area contributed by atoms with Gasteiger partial charge in [-0.1, -0.05) is 430 Å². The maximum Gasteiger partial charge on any atom is 0.136 e. The van der Waals surface area contributed by atoms with Crippen molar-refractivity contribution in [1.82, 2.24) is 0 Å². The molecule has 3 aromatic heterocycles. The minimum Gasteiger partial charge on any atom is -0.456 e. The Kier molecular flexibility index (Phi) is 13.7. The van der Waals surface area contributed by atoms with Crippen LogP contribution in [-0.2, 0) is 0 Å². The van der Waals surface area contributed by atoms with Gasteiger partial charge < -0.3 is 13.3 Å². The van der Waals surface area contributed by atoms with Crippen LogP contribution in [0.2, 0.25) is 0 Å². The second-order valence-corrected chi connectivity index (χ2v) is 34.3. The number of para-hydroxylation sites is 3. The Morgan fingerprint density at radius 2 is 0.380 bits per heavy atom. The summed E-state index contributed by atoms with van der Waals surface area (Å²) >= 11 is 0. The Morgan fingerprint density at radius 3 is 0.788 bits per heavy atom. The molecule has 636 valence electrons. The van der Waals surface area contributed by atoms with E-state index in [-0.39, 0.29) is 137 Å². The maximum atomic E-state index is 9.41. The molecular weight excluding hydrogens is 1660 g/mol.